The van der Waals surface area contributed by atoms with Crippen molar-refractivity contribution in [2.75, 3.05) is 33.4 Å². The molecule has 1 aliphatic rings. The van der Waals surface area contributed by atoms with Crippen LogP contribution < -0.4 is 19.7 Å². The van der Waals surface area contributed by atoms with Gasteiger partial charge in [0, 0.05) is 26.1 Å². The minimum absolute atomic E-state index is 0.0738. The van der Waals surface area contributed by atoms with Crippen molar-refractivity contribution in [3.63, 3.8) is 0 Å². The first-order valence-corrected chi connectivity index (χ1v) is 9.17. The van der Waals surface area contributed by atoms with Crippen molar-refractivity contribution in [3.8, 4) is 11.5 Å². The maximum atomic E-state index is 12.3. The van der Waals surface area contributed by atoms with Gasteiger partial charge in [-0.25, -0.2) is 0 Å². The van der Waals surface area contributed by atoms with E-state index in [1.54, 1.807) is 7.11 Å². The molecule has 2 heterocycles. The fourth-order valence-electron chi connectivity index (χ4n) is 3.67. The van der Waals surface area contributed by atoms with E-state index in [2.05, 4.69) is 35.3 Å². The summed E-state index contributed by atoms with van der Waals surface area (Å²) < 4.78 is 13.1. The average molecular weight is 358 g/mol. The molecular formula is C20H28N3O3+. The fraction of sp³-hybridized carbons (Fsp3) is 0.450. The molecule has 0 bridgehead atoms. The summed E-state index contributed by atoms with van der Waals surface area (Å²) in [7, 11) is 3.69. The van der Waals surface area contributed by atoms with E-state index in [1.807, 2.05) is 24.3 Å². The number of aromatic nitrogens is 1. The maximum absolute atomic E-state index is 12.3. The highest BCUT2D eigenvalue weighted by atomic mass is 16.5. The molecule has 140 valence electrons. The molecule has 0 spiro atoms. The van der Waals surface area contributed by atoms with Crippen molar-refractivity contribution in [2.24, 2.45) is 7.05 Å². The molecule has 1 unspecified atom stereocenters. The van der Waals surface area contributed by atoms with Gasteiger partial charge >= 0.3 is 0 Å². The highest BCUT2D eigenvalue weighted by Gasteiger charge is 2.32. The number of nitrogens with one attached hydrogen (secondary N) is 2. The number of methoxy groups -OCH3 is 1. The summed E-state index contributed by atoms with van der Waals surface area (Å²) in [4.78, 5) is 13.7. The van der Waals surface area contributed by atoms with E-state index in [-0.39, 0.29) is 5.91 Å². The zero-order valence-electron chi connectivity index (χ0n) is 15.5. The van der Waals surface area contributed by atoms with Gasteiger partial charge in [0.1, 0.15) is 12.6 Å². The van der Waals surface area contributed by atoms with E-state index in [4.69, 9.17) is 9.47 Å². The number of aryl methyl sites for hydroxylation is 1. The number of benzene rings is 1. The van der Waals surface area contributed by atoms with Crippen LogP contribution in [0.3, 0.4) is 0 Å². The van der Waals surface area contributed by atoms with E-state index in [1.165, 1.54) is 10.6 Å². The number of nitrogens with zero attached hydrogens (tertiary/aromatic N) is 1. The Bertz CT molecular complexity index is 729. The van der Waals surface area contributed by atoms with Gasteiger partial charge < -0.3 is 24.3 Å². The van der Waals surface area contributed by atoms with Gasteiger partial charge in [0.05, 0.1) is 25.9 Å². The van der Waals surface area contributed by atoms with Crippen molar-refractivity contribution >= 4 is 5.91 Å². The predicted molar refractivity (Wildman–Crippen MR) is 99.6 cm³/mol. The van der Waals surface area contributed by atoms with Crippen molar-refractivity contribution < 1.29 is 19.2 Å². The molecule has 1 saturated heterocycles. The molecule has 1 aromatic heterocycles. The van der Waals surface area contributed by atoms with Crippen molar-refractivity contribution in [1.82, 2.24) is 9.88 Å². The maximum Gasteiger partial charge on any atom is 0.275 e. The first kappa shape index (κ1) is 18.3. The van der Waals surface area contributed by atoms with E-state index in [0.717, 1.165) is 19.4 Å². The lowest BCUT2D eigenvalue weighted by Crippen LogP contribution is -3.11. The van der Waals surface area contributed by atoms with Crippen LogP contribution in [0.5, 0.6) is 11.5 Å². The molecule has 3 rings (SSSR count). The third-order valence-electron chi connectivity index (χ3n) is 4.96. The zero-order valence-corrected chi connectivity index (χ0v) is 15.5. The number of amides is 1. The van der Waals surface area contributed by atoms with E-state index < -0.39 is 0 Å². The number of carbonyl (C=O) groups is 1. The molecule has 1 aliphatic heterocycles. The Kier molecular flexibility index (Phi) is 6.17. The fourth-order valence-corrected chi connectivity index (χ4v) is 3.67. The monoisotopic (exact) mass is 358 g/mol. The van der Waals surface area contributed by atoms with Crippen molar-refractivity contribution in [3.05, 3.63) is 48.3 Å². The normalized spacial score (nSPS) is 19.3. The number of rotatable bonds is 8. The molecule has 0 saturated carbocycles. The summed E-state index contributed by atoms with van der Waals surface area (Å²) in [6, 6.07) is 12.2. The van der Waals surface area contributed by atoms with Crippen LogP contribution in [0.4, 0.5) is 0 Å². The van der Waals surface area contributed by atoms with Gasteiger partial charge in [-0.05, 0) is 24.3 Å². The third kappa shape index (κ3) is 4.38. The number of quaternary nitrogens is 1. The van der Waals surface area contributed by atoms with Crippen LogP contribution in [0.1, 0.15) is 24.6 Å². The molecule has 6 heteroatoms. The van der Waals surface area contributed by atoms with Gasteiger partial charge in [0.15, 0.2) is 18.0 Å². The number of likely N-dealkylation sites (tertiary alicyclic amines) is 1. The number of carbonyl (C=O) groups excluding carboxylic acids is 1. The zero-order chi connectivity index (χ0) is 18.4. The molecular weight excluding hydrogens is 330 g/mol. The largest absolute Gasteiger partial charge is 0.493 e. The highest BCUT2D eigenvalue weighted by Crippen LogP contribution is 2.25. The van der Waals surface area contributed by atoms with Crippen LogP contribution in [0.15, 0.2) is 42.6 Å². The summed E-state index contributed by atoms with van der Waals surface area (Å²) in [5, 5.41) is 2.97. The van der Waals surface area contributed by atoms with Crippen LogP contribution in [-0.4, -0.2) is 43.8 Å². The minimum atomic E-state index is 0.0738. The van der Waals surface area contributed by atoms with Crippen molar-refractivity contribution in [2.45, 2.75) is 18.9 Å². The molecule has 26 heavy (non-hydrogen) atoms. The smallest absolute Gasteiger partial charge is 0.275 e. The van der Waals surface area contributed by atoms with Crippen molar-refractivity contribution in [1.29, 1.82) is 0 Å². The summed E-state index contributed by atoms with van der Waals surface area (Å²) in [5.41, 5.74) is 1.31. The summed E-state index contributed by atoms with van der Waals surface area (Å²) in [6.07, 6.45) is 4.37. The molecule has 6 nitrogen and oxygen atoms in total. The summed E-state index contributed by atoms with van der Waals surface area (Å²) in [5.74, 6) is 1.47. The highest BCUT2D eigenvalue weighted by molar-refractivity contribution is 5.76. The van der Waals surface area contributed by atoms with Gasteiger partial charge in [0.2, 0.25) is 0 Å². The van der Waals surface area contributed by atoms with Gasteiger partial charge in [-0.2, -0.15) is 0 Å². The number of para-hydroxylation sites is 2. The van der Waals surface area contributed by atoms with E-state index in [0.29, 0.717) is 37.2 Å². The number of hydrogen-bond donors (Lipinski definition) is 2. The average Bonchev–Trinajstić information content (AvgIpc) is 3.27. The van der Waals surface area contributed by atoms with Gasteiger partial charge in [-0.15, -0.1) is 0 Å². The predicted octanol–water partition coefficient (Wildman–Crippen LogP) is 0.949. The Balaban J connectivity index is 1.43. The lowest BCUT2D eigenvalue weighted by atomic mass is 10.1. The van der Waals surface area contributed by atoms with E-state index in [9.17, 15) is 4.79 Å². The van der Waals surface area contributed by atoms with Crippen LogP contribution in [0, 0.1) is 0 Å². The standard InChI is InChI=1S/C20H27N3O3/c1-22-12-5-7-16(22)17-8-6-13-23(17)15-20(24)21-11-14-26-19-10-4-3-9-18(19)25-2/h3-5,7,9-10,12,17H,6,8,11,13-15H2,1-2H3,(H,21,24)/p+1/t17-/m1/s1. The minimum Gasteiger partial charge on any atom is -0.493 e. The quantitative estimate of drug-likeness (QED) is 0.691. The lowest BCUT2D eigenvalue weighted by molar-refractivity contribution is -0.911. The molecule has 1 aromatic carbocycles. The van der Waals surface area contributed by atoms with Gasteiger partial charge in [-0.1, -0.05) is 12.1 Å². The van der Waals surface area contributed by atoms with Gasteiger partial charge in [0.25, 0.3) is 5.91 Å². The Morgan fingerprint density at radius 3 is 2.81 bits per heavy atom. The molecule has 0 radical (unpaired) electrons. The van der Waals surface area contributed by atoms with Crippen LogP contribution in [0.25, 0.3) is 0 Å². The SMILES string of the molecule is COc1ccccc1OCCNC(=O)C[NH+]1CCC[C@@H]1c1cccn1C. The first-order valence-electron chi connectivity index (χ1n) is 9.17. The number of ether oxygens (including phenoxy) is 2. The van der Waals surface area contributed by atoms with Crippen LogP contribution >= 0.6 is 0 Å². The molecule has 1 amide bonds. The topological polar surface area (TPSA) is 56.9 Å². The van der Waals surface area contributed by atoms with Gasteiger partial charge in [-0.3, -0.25) is 4.79 Å². The Hall–Kier alpha value is -2.47. The molecule has 1 fully saturated rings. The summed E-state index contributed by atoms with van der Waals surface area (Å²) >= 11 is 0. The van der Waals surface area contributed by atoms with E-state index >= 15 is 0 Å². The number of hydrogen-bond acceptors (Lipinski definition) is 3. The van der Waals surface area contributed by atoms with Crippen LogP contribution in [-0.2, 0) is 11.8 Å². The summed E-state index contributed by atoms with van der Waals surface area (Å²) in [6.45, 7) is 2.45. The third-order valence-corrected chi connectivity index (χ3v) is 4.96. The Morgan fingerprint density at radius 2 is 2.08 bits per heavy atom. The van der Waals surface area contributed by atoms with Crippen LogP contribution in [0.2, 0.25) is 0 Å². The molecule has 2 atom stereocenters. The Morgan fingerprint density at radius 1 is 1.27 bits per heavy atom. The second-order valence-corrected chi connectivity index (χ2v) is 6.67. The molecule has 2 N–H and O–H groups in total. The molecule has 0 aliphatic carbocycles. The molecule has 2 aromatic rings. The first-order chi connectivity index (χ1) is 12.7. The second kappa shape index (κ2) is 8.76. The Labute approximate surface area is 154 Å². The lowest BCUT2D eigenvalue weighted by Gasteiger charge is -2.21. The second-order valence-electron chi connectivity index (χ2n) is 6.67.